The van der Waals surface area contributed by atoms with E-state index in [2.05, 4.69) is 19.2 Å². The highest BCUT2D eigenvalue weighted by molar-refractivity contribution is 7.19. The number of nitrogens with one attached hydrogen (secondary N) is 1. The molecule has 0 aliphatic heterocycles. The van der Waals surface area contributed by atoms with Gasteiger partial charge in [0.05, 0.1) is 7.11 Å². The molecule has 0 aliphatic carbocycles. The van der Waals surface area contributed by atoms with E-state index < -0.39 is 5.91 Å². The van der Waals surface area contributed by atoms with Crippen LogP contribution >= 0.6 is 11.3 Å². The summed E-state index contributed by atoms with van der Waals surface area (Å²) in [5, 5.41) is 4.07. The molecule has 1 amide bonds. The molecular weight excluding hydrogens is 286 g/mol. The zero-order valence-electron chi connectivity index (χ0n) is 13.2. The fourth-order valence-electron chi connectivity index (χ4n) is 2.16. The van der Waals surface area contributed by atoms with Crippen molar-refractivity contribution in [1.82, 2.24) is 0 Å². The van der Waals surface area contributed by atoms with E-state index in [4.69, 9.17) is 16.2 Å². The number of nitrogen functional groups attached to an aromatic ring is 1. The Bertz CT molecular complexity index is 458. The van der Waals surface area contributed by atoms with Gasteiger partial charge < -0.3 is 21.5 Å². The molecule has 0 fully saturated rings. The van der Waals surface area contributed by atoms with Crippen LogP contribution in [0.1, 0.15) is 55.6 Å². The Labute approximate surface area is 131 Å². The lowest BCUT2D eigenvalue weighted by atomic mass is 10.0. The smallest absolute Gasteiger partial charge is 0.261 e. The molecule has 0 unspecified atom stereocenters. The van der Waals surface area contributed by atoms with Crippen molar-refractivity contribution >= 4 is 27.9 Å². The van der Waals surface area contributed by atoms with E-state index in [1.807, 2.05) is 0 Å². The van der Waals surface area contributed by atoms with Crippen LogP contribution in [-0.4, -0.2) is 19.6 Å². The molecule has 0 aliphatic rings. The zero-order valence-corrected chi connectivity index (χ0v) is 14.0. The normalized spacial score (nSPS) is 10.9. The second kappa shape index (κ2) is 8.77. The summed E-state index contributed by atoms with van der Waals surface area (Å²) < 4.78 is 5.24. The maximum absolute atomic E-state index is 11.3. The third-order valence-electron chi connectivity index (χ3n) is 3.32. The van der Waals surface area contributed by atoms with Gasteiger partial charge in [0.2, 0.25) is 0 Å². The number of hydrogen-bond donors (Lipinski definition) is 3. The van der Waals surface area contributed by atoms with Crippen LogP contribution in [0.5, 0.6) is 5.75 Å². The van der Waals surface area contributed by atoms with Crippen LogP contribution in [-0.2, 0) is 0 Å². The molecule has 0 saturated carbocycles. The summed E-state index contributed by atoms with van der Waals surface area (Å²) in [7, 11) is 1.54. The highest BCUT2D eigenvalue weighted by Crippen LogP contribution is 2.42. The second-order valence-electron chi connectivity index (χ2n) is 5.59. The van der Waals surface area contributed by atoms with Crippen molar-refractivity contribution in [2.75, 3.05) is 24.7 Å². The molecule has 5 nitrogen and oxygen atoms in total. The van der Waals surface area contributed by atoms with Crippen molar-refractivity contribution in [2.45, 2.75) is 46.0 Å². The van der Waals surface area contributed by atoms with E-state index in [0.29, 0.717) is 16.3 Å². The Hall–Kier alpha value is -1.43. The van der Waals surface area contributed by atoms with Crippen molar-refractivity contribution in [3.63, 3.8) is 0 Å². The molecule has 6 heteroatoms. The van der Waals surface area contributed by atoms with Crippen LogP contribution in [0.25, 0.3) is 0 Å². The Morgan fingerprint density at radius 1 is 1.29 bits per heavy atom. The lowest BCUT2D eigenvalue weighted by molar-refractivity contribution is 0.100. The molecule has 5 N–H and O–H groups in total. The van der Waals surface area contributed by atoms with Crippen LogP contribution in [0.3, 0.4) is 0 Å². The van der Waals surface area contributed by atoms with Gasteiger partial charge in [-0.15, -0.1) is 11.3 Å². The van der Waals surface area contributed by atoms with Gasteiger partial charge in [-0.05, 0) is 12.3 Å². The second-order valence-corrected chi connectivity index (χ2v) is 6.62. The number of nitrogens with two attached hydrogens (primary N) is 2. The Morgan fingerprint density at radius 3 is 2.52 bits per heavy atom. The number of hydrogen-bond acceptors (Lipinski definition) is 5. The number of carbonyl (C=O) groups is 1. The minimum absolute atomic E-state index is 0.328. The van der Waals surface area contributed by atoms with Gasteiger partial charge in [0.25, 0.3) is 5.91 Å². The SMILES string of the molecule is COc1c(NCCCCCCC(C)C)sc(C(N)=O)c1N. The summed E-state index contributed by atoms with van der Waals surface area (Å²) in [6, 6.07) is 0. The third-order valence-corrected chi connectivity index (χ3v) is 4.48. The highest BCUT2D eigenvalue weighted by Gasteiger charge is 2.19. The number of thiophene rings is 1. The van der Waals surface area contributed by atoms with E-state index >= 15 is 0 Å². The van der Waals surface area contributed by atoms with Gasteiger partial charge in [-0.2, -0.15) is 0 Å². The lowest BCUT2D eigenvalue weighted by Gasteiger charge is -2.07. The topological polar surface area (TPSA) is 90.4 Å². The molecule has 1 rings (SSSR count). The number of ether oxygens (including phenoxy) is 1. The fraction of sp³-hybridized carbons (Fsp3) is 0.667. The average molecular weight is 313 g/mol. The number of amides is 1. The lowest BCUT2D eigenvalue weighted by Crippen LogP contribution is -2.10. The summed E-state index contributed by atoms with van der Waals surface area (Å²) in [6.45, 7) is 5.35. The van der Waals surface area contributed by atoms with Crippen LogP contribution in [0, 0.1) is 5.92 Å². The van der Waals surface area contributed by atoms with Gasteiger partial charge in [-0.3, -0.25) is 4.79 Å². The summed E-state index contributed by atoms with van der Waals surface area (Å²) in [6.07, 6.45) is 6.14. The van der Waals surface area contributed by atoms with Gasteiger partial charge in [0.15, 0.2) is 5.75 Å². The van der Waals surface area contributed by atoms with Crippen molar-refractivity contribution < 1.29 is 9.53 Å². The van der Waals surface area contributed by atoms with Crippen LogP contribution < -0.4 is 21.5 Å². The van der Waals surface area contributed by atoms with Crippen molar-refractivity contribution in [3.05, 3.63) is 4.88 Å². The third kappa shape index (κ3) is 5.46. The summed E-state index contributed by atoms with van der Waals surface area (Å²) in [5.41, 5.74) is 11.5. The molecule has 21 heavy (non-hydrogen) atoms. The quantitative estimate of drug-likeness (QED) is 0.577. The van der Waals surface area contributed by atoms with Crippen molar-refractivity contribution in [1.29, 1.82) is 0 Å². The molecular formula is C15H27N3O2S. The Balaban J connectivity index is 2.38. The van der Waals surface area contributed by atoms with Crippen LogP contribution in [0.4, 0.5) is 10.7 Å². The number of anilines is 2. The van der Waals surface area contributed by atoms with Gasteiger partial charge in [-0.1, -0.05) is 39.5 Å². The summed E-state index contributed by atoms with van der Waals surface area (Å²) in [5.74, 6) is 0.792. The first-order valence-electron chi connectivity index (χ1n) is 7.47. The predicted octanol–water partition coefficient (Wildman–Crippen LogP) is 3.46. The van der Waals surface area contributed by atoms with E-state index in [9.17, 15) is 4.79 Å². The molecule has 0 saturated heterocycles. The first kappa shape index (κ1) is 17.6. The number of carbonyl (C=O) groups excluding carboxylic acids is 1. The van der Waals surface area contributed by atoms with Crippen molar-refractivity contribution in [3.8, 4) is 5.75 Å². The minimum Gasteiger partial charge on any atom is -0.492 e. The first-order chi connectivity index (χ1) is 9.97. The van der Waals surface area contributed by atoms with Gasteiger partial charge in [-0.25, -0.2) is 0 Å². The minimum atomic E-state index is -0.516. The number of rotatable bonds is 10. The predicted molar refractivity (Wildman–Crippen MR) is 90.2 cm³/mol. The number of unbranched alkanes of at least 4 members (excludes halogenated alkanes) is 3. The van der Waals surface area contributed by atoms with E-state index in [1.165, 1.54) is 37.0 Å². The van der Waals surface area contributed by atoms with Crippen LogP contribution in [0.15, 0.2) is 0 Å². The first-order valence-corrected chi connectivity index (χ1v) is 8.29. The van der Waals surface area contributed by atoms with Crippen molar-refractivity contribution in [2.24, 2.45) is 11.7 Å². The van der Waals surface area contributed by atoms with Gasteiger partial charge in [0, 0.05) is 6.54 Å². The summed E-state index contributed by atoms with van der Waals surface area (Å²) in [4.78, 5) is 11.6. The molecule has 0 atom stereocenters. The standard InChI is InChI=1S/C15H27N3O2S/c1-10(2)8-6-4-5-7-9-18-15-12(20-3)11(16)13(21-15)14(17)19/h10,18H,4-9,16H2,1-3H3,(H2,17,19). The largest absolute Gasteiger partial charge is 0.492 e. The zero-order chi connectivity index (χ0) is 15.8. The Morgan fingerprint density at radius 2 is 1.95 bits per heavy atom. The maximum Gasteiger partial charge on any atom is 0.261 e. The maximum atomic E-state index is 11.3. The van der Waals surface area contributed by atoms with Gasteiger partial charge >= 0.3 is 0 Å². The highest BCUT2D eigenvalue weighted by atomic mass is 32.1. The van der Waals surface area contributed by atoms with E-state index in [0.717, 1.165) is 23.9 Å². The number of methoxy groups -OCH3 is 1. The molecule has 1 aromatic heterocycles. The Kier molecular flexibility index (Phi) is 7.36. The summed E-state index contributed by atoms with van der Waals surface area (Å²) >= 11 is 1.26. The molecule has 0 spiro atoms. The monoisotopic (exact) mass is 313 g/mol. The fourth-order valence-corrected chi connectivity index (χ4v) is 3.13. The van der Waals surface area contributed by atoms with E-state index in [-0.39, 0.29) is 0 Å². The molecule has 1 aromatic rings. The molecule has 0 bridgehead atoms. The average Bonchev–Trinajstić information content (AvgIpc) is 2.73. The molecule has 0 aromatic carbocycles. The van der Waals surface area contributed by atoms with Gasteiger partial charge in [0.1, 0.15) is 15.6 Å². The van der Waals surface area contributed by atoms with E-state index in [1.54, 1.807) is 7.11 Å². The molecule has 0 radical (unpaired) electrons. The molecule has 1 heterocycles. The molecule has 120 valence electrons. The van der Waals surface area contributed by atoms with Crippen LogP contribution in [0.2, 0.25) is 0 Å². The number of primary amides is 1.